The van der Waals surface area contributed by atoms with Crippen molar-refractivity contribution in [2.75, 3.05) is 13.2 Å². The number of amidine groups is 2. The molecule has 0 unspecified atom stereocenters. The lowest BCUT2D eigenvalue weighted by atomic mass is 10.1. The molecule has 0 amide bonds. The average Bonchev–Trinajstić information content (AvgIpc) is 2.95. The highest BCUT2D eigenvalue weighted by atomic mass is 19.4. The highest BCUT2D eigenvalue weighted by Crippen LogP contribution is 2.16. The first-order valence-corrected chi connectivity index (χ1v) is 12.0. The molecule has 43 heavy (non-hydrogen) atoms. The van der Waals surface area contributed by atoms with Gasteiger partial charge in [-0.1, -0.05) is 29.6 Å². The monoisotopic (exact) mass is 628 g/mol. The smallest absolute Gasteiger partial charge is 0.490 e. The molecule has 0 saturated carbocycles. The summed E-state index contributed by atoms with van der Waals surface area (Å²) in [5.41, 5.74) is 12.4. The number of benzene rings is 2. The van der Waals surface area contributed by atoms with Crippen LogP contribution in [-0.2, 0) is 9.59 Å². The second-order valence-corrected chi connectivity index (χ2v) is 8.09. The molecule has 12 nitrogen and oxygen atoms in total. The van der Waals surface area contributed by atoms with Crippen LogP contribution in [0.3, 0.4) is 0 Å². The van der Waals surface area contributed by atoms with E-state index in [0.717, 1.165) is 43.6 Å². The molecule has 0 aliphatic heterocycles. The molecule has 0 aromatic heterocycles. The van der Waals surface area contributed by atoms with Crippen molar-refractivity contribution in [1.82, 2.24) is 0 Å². The topological polar surface area (TPSA) is 210 Å². The molecule has 8 N–H and O–H groups in total. The van der Waals surface area contributed by atoms with Crippen LogP contribution in [0.15, 0.2) is 58.8 Å². The Labute approximate surface area is 240 Å². The first-order chi connectivity index (χ1) is 20.0. The zero-order chi connectivity index (χ0) is 33.1. The minimum atomic E-state index is -5.08. The standard InChI is InChI=1S/C21H28N4O4.2C2HF3O2/c22-20(24-26)16-6-10-18(11-7-16)28-14-4-2-1-3-5-15-29-19-12-8-17(9-13-19)21(23)25-27;2*3-2(4,5)1(6)7/h6-13,26-27H,1-5,14-15H2,(H2,22,24)(H2,23,25);2*(H,6,7). The largest absolute Gasteiger partial charge is 0.494 e. The summed E-state index contributed by atoms with van der Waals surface area (Å²) in [5, 5.41) is 37.5. The van der Waals surface area contributed by atoms with E-state index in [1.54, 1.807) is 24.3 Å². The maximum absolute atomic E-state index is 10.6. The molecule has 18 heteroatoms. The van der Waals surface area contributed by atoms with Crippen molar-refractivity contribution >= 4 is 23.6 Å². The number of carboxylic acid groups (broad SMARTS) is 2. The van der Waals surface area contributed by atoms with Crippen molar-refractivity contribution < 1.29 is 66.0 Å². The summed E-state index contributed by atoms with van der Waals surface area (Å²) in [4.78, 5) is 17.8. The normalized spacial score (nSPS) is 11.8. The third-order valence-corrected chi connectivity index (χ3v) is 4.83. The van der Waals surface area contributed by atoms with Gasteiger partial charge in [0.05, 0.1) is 13.2 Å². The minimum absolute atomic E-state index is 0.0818. The van der Waals surface area contributed by atoms with Gasteiger partial charge in [0.1, 0.15) is 11.5 Å². The van der Waals surface area contributed by atoms with Gasteiger partial charge in [-0.3, -0.25) is 0 Å². The van der Waals surface area contributed by atoms with Crippen LogP contribution in [0.4, 0.5) is 26.3 Å². The van der Waals surface area contributed by atoms with Crippen LogP contribution < -0.4 is 20.9 Å². The molecule has 2 aromatic carbocycles. The SMILES string of the molecule is N/C(=N\O)c1ccc(OCCCCCCCOc2ccc(/C(N)=N/O)cc2)cc1.O=C(O)C(F)(F)F.O=C(O)C(F)(F)F. The molecule has 0 bridgehead atoms. The molecular weight excluding hydrogens is 598 g/mol. The second-order valence-electron chi connectivity index (χ2n) is 8.09. The number of hydrogen-bond acceptors (Lipinski definition) is 8. The van der Waals surface area contributed by atoms with Gasteiger partial charge in [0.25, 0.3) is 0 Å². The summed E-state index contributed by atoms with van der Waals surface area (Å²) in [6, 6.07) is 14.3. The second kappa shape index (κ2) is 19.3. The van der Waals surface area contributed by atoms with Gasteiger partial charge < -0.3 is 41.6 Å². The highest BCUT2D eigenvalue weighted by molar-refractivity contribution is 5.97. The Kier molecular flexibility index (Phi) is 17.1. The molecular formula is C25H30F6N4O8. The van der Waals surface area contributed by atoms with Crippen LogP contribution in [-0.4, -0.2) is 69.8 Å². The van der Waals surface area contributed by atoms with Crippen molar-refractivity contribution in [3.05, 3.63) is 59.7 Å². The maximum Gasteiger partial charge on any atom is 0.490 e. The predicted molar refractivity (Wildman–Crippen MR) is 139 cm³/mol. The molecule has 0 aliphatic carbocycles. The Hall–Kier alpha value is -4.90. The molecule has 0 saturated heterocycles. The van der Waals surface area contributed by atoms with E-state index in [2.05, 4.69) is 10.3 Å². The number of oxime groups is 2. The average molecular weight is 629 g/mol. The number of unbranched alkanes of at least 4 members (excludes halogenated alkanes) is 4. The van der Waals surface area contributed by atoms with E-state index < -0.39 is 24.3 Å². The Bertz CT molecular complexity index is 1080. The zero-order valence-corrected chi connectivity index (χ0v) is 22.3. The van der Waals surface area contributed by atoms with E-state index >= 15 is 0 Å². The Balaban J connectivity index is 0.00000104. The summed E-state index contributed by atoms with van der Waals surface area (Å²) in [5.74, 6) is -3.81. The van der Waals surface area contributed by atoms with E-state index in [9.17, 15) is 26.3 Å². The lowest BCUT2D eigenvalue weighted by Crippen LogP contribution is -2.21. The van der Waals surface area contributed by atoms with Gasteiger partial charge in [0, 0.05) is 11.1 Å². The number of carbonyl (C=O) groups is 2. The van der Waals surface area contributed by atoms with Gasteiger partial charge in [-0.25, -0.2) is 9.59 Å². The van der Waals surface area contributed by atoms with Gasteiger partial charge >= 0.3 is 24.3 Å². The molecule has 2 aromatic rings. The molecule has 0 heterocycles. The van der Waals surface area contributed by atoms with Crippen LogP contribution in [0.2, 0.25) is 0 Å². The van der Waals surface area contributed by atoms with Crippen LogP contribution >= 0.6 is 0 Å². The van der Waals surface area contributed by atoms with Crippen molar-refractivity contribution in [3.8, 4) is 11.5 Å². The van der Waals surface area contributed by atoms with E-state index in [1.807, 2.05) is 24.3 Å². The van der Waals surface area contributed by atoms with Gasteiger partial charge in [-0.15, -0.1) is 0 Å². The van der Waals surface area contributed by atoms with Crippen LogP contribution in [0.1, 0.15) is 43.2 Å². The van der Waals surface area contributed by atoms with Crippen molar-refractivity contribution in [2.45, 2.75) is 44.5 Å². The number of aliphatic carboxylic acids is 2. The van der Waals surface area contributed by atoms with Gasteiger partial charge in [0.2, 0.25) is 0 Å². The molecule has 0 atom stereocenters. The number of halogens is 6. The Morgan fingerprint density at radius 1 is 0.605 bits per heavy atom. The molecule has 0 spiro atoms. The fourth-order valence-corrected chi connectivity index (χ4v) is 2.67. The van der Waals surface area contributed by atoms with Gasteiger partial charge in [-0.05, 0) is 61.4 Å². The summed E-state index contributed by atoms with van der Waals surface area (Å²) >= 11 is 0. The lowest BCUT2D eigenvalue weighted by molar-refractivity contribution is -0.193. The summed E-state index contributed by atoms with van der Waals surface area (Å²) in [6.45, 7) is 1.32. The third-order valence-electron chi connectivity index (χ3n) is 4.83. The van der Waals surface area contributed by atoms with Crippen LogP contribution in [0.25, 0.3) is 0 Å². The van der Waals surface area contributed by atoms with Crippen molar-refractivity contribution in [3.63, 3.8) is 0 Å². The quantitative estimate of drug-likeness (QED) is 0.0482. The molecule has 0 aliphatic rings. The first kappa shape index (κ1) is 38.1. The van der Waals surface area contributed by atoms with Gasteiger partial charge in [-0.2, -0.15) is 26.3 Å². The summed E-state index contributed by atoms with van der Waals surface area (Å²) in [7, 11) is 0. The number of hydrogen-bond donors (Lipinski definition) is 6. The highest BCUT2D eigenvalue weighted by Gasteiger charge is 2.38. The number of nitrogens with zero attached hydrogens (tertiary/aromatic N) is 2. The van der Waals surface area contributed by atoms with E-state index in [0.29, 0.717) is 24.3 Å². The fraction of sp³-hybridized carbons (Fsp3) is 0.360. The Morgan fingerprint density at radius 3 is 1.09 bits per heavy atom. The van der Waals surface area contributed by atoms with Crippen LogP contribution in [0, 0.1) is 0 Å². The molecule has 2 rings (SSSR count). The van der Waals surface area contributed by atoms with Crippen molar-refractivity contribution in [2.24, 2.45) is 21.8 Å². The van der Waals surface area contributed by atoms with E-state index in [1.165, 1.54) is 0 Å². The van der Waals surface area contributed by atoms with E-state index in [4.69, 9.17) is 51.2 Å². The number of carboxylic acids is 2. The molecule has 0 radical (unpaired) electrons. The molecule has 240 valence electrons. The maximum atomic E-state index is 10.6. The number of rotatable bonds is 12. The number of nitrogens with two attached hydrogens (primary N) is 2. The first-order valence-electron chi connectivity index (χ1n) is 12.0. The number of alkyl halides is 6. The predicted octanol–water partition coefficient (Wildman–Crippen LogP) is 4.55. The Morgan fingerprint density at radius 2 is 0.860 bits per heavy atom. The fourth-order valence-electron chi connectivity index (χ4n) is 2.67. The third kappa shape index (κ3) is 17.5. The van der Waals surface area contributed by atoms with Crippen LogP contribution in [0.5, 0.6) is 11.5 Å². The zero-order valence-electron chi connectivity index (χ0n) is 22.3. The lowest BCUT2D eigenvalue weighted by Gasteiger charge is -2.08. The van der Waals surface area contributed by atoms with E-state index in [-0.39, 0.29) is 11.7 Å². The summed E-state index contributed by atoms with van der Waals surface area (Å²) < 4.78 is 74.9. The summed E-state index contributed by atoms with van der Waals surface area (Å²) in [6.07, 6.45) is -4.89. The van der Waals surface area contributed by atoms with Crippen molar-refractivity contribution in [1.29, 1.82) is 0 Å². The molecule has 0 fully saturated rings. The van der Waals surface area contributed by atoms with Gasteiger partial charge in [0.15, 0.2) is 11.7 Å². The minimum Gasteiger partial charge on any atom is -0.494 e. The number of ether oxygens (including phenoxy) is 2.